The average molecular weight is 237 g/mol. The molecule has 0 saturated carbocycles. The average Bonchev–Trinajstić information content (AvgIpc) is 2.42. The predicted octanol–water partition coefficient (Wildman–Crippen LogP) is 0.709. The number of halogens is 3. The van der Waals surface area contributed by atoms with Gasteiger partial charge >= 0.3 is 17.9 Å². The molecule has 0 aliphatic heterocycles. The summed E-state index contributed by atoms with van der Waals surface area (Å²) >= 11 is 0. The predicted molar refractivity (Wildman–Crippen MR) is 49.2 cm³/mol. The Morgan fingerprint density at radius 1 is 1.56 bits per heavy atom. The van der Waals surface area contributed by atoms with Gasteiger partial charge in [0.25, 0.3) is 0 Å². The zero-order chi connectivity index (χ0) is 12.3. The van der Waals surface area contributed by atoms with Crippen molar-refractivity contribution < 1.29 is 17.9 Å². The molecule has 1 aromatic heterocycles. The molecule has 5 nitrogen and oxygen atoms in total. The Morgan fingerprint density at radius 2 is 2.19 bits per heavy atom. The standard InChI is InChI=1S/C8H10F3N3O2/c1-3-4-14-6(12-13(2)7(14)15)16-5-8(9,10)11/h3H,1,4-5H2,2H3. The van der Waals surface area contributed by atoms with Gasteiger partial charge in [0.2, 0.25) is 0 Å². The highest BCUT2D eigenvalue weighted by Crippen LogP contribution is 2.16. The van der Waals surface area contributed by atoms with Crippen LogP contribution in [0.5, 0.6) is 6.01 Å². The third kappa shape index (κ3) is 2.88. The number of aryl methyl sites for hydroxylation is 1. The highest BCUT2D eigenvalue weighted by molar-refractivity contribution is 4.96. The van der Waals surface area contributed by atoms with Gasteiger partial charge in [0.1, 0.15) is 0 Å². The summed E-state index contributed by atoms with van der Waals surface area (Å²) in [5.41, 5.74) is -0.558. The molecule has 0 aliphatic carbocycles. The van der Waals surface area contributed by atoms with Crippen molar-refractivity contribution in [3.8, 4) is 6.01 Å². The largest absolute Gasteiger partial charge is 0.454 e. The molecule has 1 aromatic rings. The highest BCUT2D eigenvalue weighted by Gasteiger charge is 2.29. The Morgan fingerprint density at radius 3 is 2.69 bits per heavy atom. The smallest absolute Gasteiger partial charge is 0.422 e. The lowest BCUT2D eigenvalue weighted by Crippen LogP contribution is -2.24. The number of allylic oxidation sites excluding steroid dienone is 1. The molecule has 0 amide bonds. The van der Waals surface area contributed by atoms with Crippen LogP contribution in [0.25, 0.3) is 0 Å². The molecule has 0 aromatic carbocycles. The van der Waals surface area contributed by atoms with E-state index in [4.69, 9.17) is 0 Å². The van der Waals surface area contributed by atoms with Crippen LogP contribution in [-0.2, 0) is 13.6 Å². The number of ether oxygens (including phenoxy) is 1. The summed E-state index contributed by atoms with van der Waals surface area (Å²) < 4.78 is 42.0. The zero-order valence-electron chi connectivity index (χ0n) is 8.49. The van der Waals surface area contributed by atoms with E-state index in [1.165, 1.54) is 13.1 Å². The highest BCUT2D eigenvalue weighted by atomic mass is 19.4. The van der Waals surface area contributed by atoms with E-state index in [1.54, 1.807) is 0 Å². The van der Waals surface area contributed by atoms with Gasteiger partial charge in [-0.25, -0.2) is 14.0 Å². The van der Waals surface area contributed by atoms with Crippen molar-refractivity contribution in [1.29, 1.82) is 0 Å². The van der Waals surface area contributed by atoms with Crippen molar-refractivity contribution in [1.82, 2.24) is 14.3 Å². The second-order valence-electron chi connectivity index (χ2n) is 2.99. The summed E-state index contributed by atoms with van der Waals surface area (Å²) in [4.78, 5) is 11.4. The normalized spacial score (nSPS) is 11.5. The van der Waals surface area contributed by atoms with Gasteiger partial charge in [0, 0.05) is 7.05 Å². The monoisotopic (exact) mass is 237 g/mol. The molecule has 1 heterocycles. The second-order valence-corrected chi connectivity index (χ2v) is 2.99. The first-order valence-electron chi connectivity index (χ1n) is 4.29. The van der Waals surface area contributed by atoms with Gasteiger partial charge < -0.3 is 4.74 Å². The van der Waals surface area contributed by atoms with Crippen LogP contribution in [0.1, 0.15) is 0 Å². The van der Waals surface area contributed by atoms with Gasteiger partial charge in [-0.15, -0.1) is 11.7 Å². The van der Waals surface area contributed by atoms with Crippen molar-refractivity contribution in [2.24, 2.45) is 7.05 Å². The van der Waals surface area contributed by atoms with E-state index in [0.29, 0.717) is 0 Å². The van der Waals surface area contributed by atoms with Gasteiger partial charge in [0.15, 0.2) is 6.61 Å². The fraction of sp³-hybridized carbons (Fsp3) is 0.500. The number of alkyl halides is 3. The molecule has 8 heteroatoms. The maximum atomic E-state index is 11.9. The molecule has 0 saturated heterocycles. The lowest BCUT2D eigenvalue weighted by Gasteiger charge is -2.07. The molecule has 0 spiro atoms. The molecule has 0 unspecified atom stereocenters. The summed E-state index contributed by atoms with van der Waals surface area (Å²) in [5, 5.41) is 3.53. The first kappa shape index (κ1) is 12.3. The quantitative estimate of drug-likeness (QED) is 0.724. The maximum Gasteiger partial charge on any atom is 0.422 e. The molecule has 16 heavy (non-hydrogen) atoms. The van der Waals surface area contributed by atoms with Gasteiger partial charge in [-0.05, 0) is 0 Å². The lowest BCUT2D eigenvalue weighted by atomic mass is 10.6. The number of rotatable bonds is 4. The van der Waals surface area contributed by atoms with E-state index in [1.807, 2.05) is 0 Å². The van der Waals surface area contributed by atoms with Gasteiger partial charge in [0.05, 0.1) is 6.54 Å². The molecule has 90 valence electrons. The second kappa shape index (κ2) is 4.42. The first-order valence-corrected chi connectivity index (χ1v) is 4.29. The number of hydrogen-bond acceptors (Lipinski definition) is 3. The van der Waals surface area contributed by atoms with Crippen LogP contribution in [0.2, 0.25) is 0 Å². The molecule has 0 radical (unpaired) electrons. The fourth-order valence-electron chi connectivity index (χ4n) is 1.02. The van der Waals surface area contributed by atoms with Crippen LogP contribution in [-0.4, -0.2) is 27.1 Å². The topological polar surface area (TPSA) is 49.0 Å². The van der Waals surface area contributed by atoms with Crippen molar-refractivity contribution >= 4 is 0 Å². The van der Waals surface area contributed by atoms with Crippen LogP contribution in [0.3, 0.4) is 0 Å². The van der Waals surface area contributed by atoms with Crippen LogP contribution in [0, 0.1) is 0 Å². The molecule has 0 fully saturated rings. The minimum atomic E-state index is -4.47. The first-order chi connectivity index (χ1) is 7.35. The molecule has 1 rings (SSSR count). The van der Waals surface area contributed by atoms with Crippen LogP contribution in [0.4, 0.5) is 13.2 Å². The number of nitrogens with zero attached hydrogens (tertiary/aromatic N) is 3. The third-order valence-corrected chi connectivity index (χ3v) is 1.65. The summed E-state index contributed by atoms with van der Waals surface area (Å²) in [5.74, 6) is 0. The van der Waals surface area contributed by atoms with Gasteiger partial charge in [-0.2, -0.15) is 13.2 Å². The Hall–Kier alpha value is -1.73. The number of hydrogen-bond donors (Lipinski definition) is 0. The molecule has 0 bridgehead atoms. The maximum absolute atomic E-state index is 11.9. The van der Waals surface area contributed by atoms with Crippen LogP contribution < -0.4 is 10.4 Å². The molecular formula is C8H10F3N3O2. The molecule has 0 aliphatic rings. The molecular weight excluding hydrogens is 227 g/mol. The molecule has 0 atom stereocenters. The van der Waals surface area contributed by atoms with E-state index in [9.17, 15) is 18.0 Å². The minimum Gasteiger partial charge on any atom is -0.454 e. The third-order valence-electron chi connectivity index (χ3n) is 1.65. The van der Waals surface area contributed by atoms with E-state index < -0.39 is 18.5 Å². The Balaban J connectivity index is 2.91. The zero-order valence-corrected chi connectivity index (χ0v) is 8.49. The fourth-order valence-corrected chi connectivity index (χ4v) is 1.02. The Bertz CT molecular complexity index is 433. The van der Waals surface area contributed by atoms with Crippen LogP contribution >= 0.6 is 0 Å². The summed E-state index contributed by atoms with van der Waals surface area (Å²) in [6.07, 6.45) is -3.10. The van der Waals surface area contributed by atoms with Gasteiger partial charge in [-0.3, -0.25) is 0 Å². The summed E-state index contributed by atoms with van der Waals surface area (Å²) in [6, 6.07) is -0.371. The summed E-state index contributed by atoms with van der Waals surface area (Å²) in [6.45, 7) is 1.94. The lowest BCUT2D eigenvalue weighted by molar-refractivity contribution is -0.155. The Kier molecular flexibility index (Phi) is 3.41. The van der Waals surface area contributed by atoms with Crippen molar-refractivity contribution in [2.45, 2.75) is 12.7 Å². The number of aromatic nitrogens is 3. The SMILES string of the molecule is C=CCn1c(OCC(F)(F)F)nn(C)c1=O. The minimum absolute atomic E-state index is 0.0415. The van der Waals surface area contributed by atoms with E-state index in [2.05, 4.69) is 16.4 Å². The van der Waals surface area contributed by atoms with Gasteiger partial charge in [-0.1, -0.05) is 6.08 Å². The van der Waals surface area contributed by atoms with Crippen molar-refractivity contribution in [3.05, 3.63) is 23.1 Å². The van der Waals surface area contributed by atoms with Crippen LogP contribution in [0.15, 0.2) is 17.4 Å². The van der Waals surface area contributed by atoms with E-state index >= 15 is 0 Å². The van der Waals surface area contributed by atoms with E-state index in [0.717, 1.165) is 9.25 Å². The Labute approximate surface area is 88.7 Å². The van der Waals surface area contributed by atoms with Crippen molar-refractivity contribution in [3.63, 3.8) is 0 Å². The van der Waals surface area contributed by atoms with E-state index in [-0.39, 0.29) is 12.6 Å². The molecule has 0 N–H and O–H groups in total. The summed E-state index contributed by atoms with van der Waals surface area (Å²) in [7, 11) is 1.32. The van der Waals surface area contributed by atoms with Crippen molar-refractivity contribution in [2.75, 3.05) is 6.61 Å².